The number of urea groups is 1. The highest BCUT2D eigenvalue weighted by Gasteiger charge is 2.47. The quantitative estimate of drug-likeness (QED) is 0.794. The first-order chi connectivity index (χ1) is 10.1. The number of nitrogens with one attached hydrogen (secondary N) is 2. The fourth-order valence-electron chi connectivity index (χ4n) is 3.90. The number of aromatic nitrogens is 2. The minimum absolute atomic E-state index is 0.105. The average Bonchev–Trinajstić information content (AvgIpc) is 3.13. The summed E-state index contributed by atoms with van der Waals surface area (Å²) in [5.74, 6) is 1.32. The Bertz CT molecular complexity index is 514. The van der Waals surface area contributed by atoms with Crippen LogP contribution in [0.4, 0.5) is 10.5 Å². The second kappa shape index (κ2) is 5.67. The van der Waals surface area contributed by atoms with Crippen molar-refractivity contribution in [3.63, 3.8) is 0 Å². The van der Waals surface area contributed by atoms with E-state index in [1.807, 2.05) is 24.7 Å². The molecule has 2 bridgehead atoms. The molecule has 21 heavy (non-hydrogen) atoms. The Hall–Kier alpha value is -1.56. The average molecular weight is 292 g/mol. The van der Waals surface area contributed by atoms with E-state index >= 15 is 0 Å². The standard InChI is InChI=1S/C15H24N4O2/c1-9(2)19-7-12(6-16-19)17-15(21)18-14-11-4-3-10(5-11)13(14)8-20/h6-7,9-11,13-14,20H,3-5,8H2,1-2H3,(H2,17,18,21). The molecule has 6 nitrogen and oxygen atoms in total. The van der Waals surface area contributed by atoms with E-state index < -0.39 is 0 Å². The van der Waals surface area contributed by atoms with Crippen molar-refractivity contribution in [1.29, 1.82) is 0 Å². The summed E-state index contributed by atoms with van der Waals surface area (Å²) in [5.41, 5.74) is 0.699. The summed E-state index contributed by atoms with van der Waals surface area (Å²) >= 11 is 0. The van der Waals surface area contributed by atoms with Crippen LogP contribution >= 0.6 is 0 Å². The molecule has 2 fully saturated rings. The number of fused-ring (bicyclic) bond motifs is 2. The molecule has 0 aliphatic heterocycles. The van der Waals surface area contributed by atoms with Gasteiger partial charge in [-0.1, -0.05) is 0 Å². The van der Waals surface area contributed by atoms with Gasteiger partial charge in [-0.15, -0.1) is 0 Å². The maximum absolute atomic E-state index is 12.1. The number of aliphatic hydroxyl groups excluding tert-OH is 1. The molecule has 1 aromatic rings. The zero-order valence-corrected chi connectivity index (χ0v) is 12.6. The van der Waals surface area contributed by atoms with Crippen LogP contribution in [0.2, 0.25) is 0 Å². The SMILES string of the molecule is CC(C)n1cc(NC(=O)NC2C3CCC(C3)C2CO)cn1. The molecule has 4 unspecified atom stereocenters. The number of anilines is 1. The van der Waals surface area contributed by atoms with E-state index in [-0.39, 0.29) is 30.6 Å². The van der Waals surface area contributed by atoms with Gasteiger partial charge in [-0.05, 0) is 44.9 Å². The molecule has 1 heterocycles. The van der Waals surface area contributed by atoms with Gasteiger partial charge in [0, 0.05) is 30.8 Å². The first-order valence-electron chi connectivity index (χ1n) is 7.81. The maximum atomic E-state index is 12.1. The molecule has 2 saturated carbocycles. The molecule has 1 aromatic heterocycles. The van der Waals surface area contributed by atoms with Crippen LogP contribution in [0.1, 0.15) is 39.2 Å². The predicted molar refractivity (Wildman–Crippen MR) is 80.0 cm³/mol. The van der Waals surface area contributed by atoms with Gasteiger partial charge in [0.1, 0.15) is 0 Å². The Labute approximate surface area is 124 Å². The summed E-state index contributed by atoms with van der Waals surface area (Å²) in [6.07, 6.45) is 6.98. The third kappa shape index (κ3) is 2.77. The van der Waals surface area contributed by atoms with Gasteiger partial charge >= 0.3 is 6.03 Å². The number of hydrogen-bond acceptors (Lipinski definition) is 3. The summed E-state index contributed by atoms with van der Waals surface area (Å²) in [6, 6.07) is 0.177. The van der Waals surface area contributed by atoms with E-state index in [1.165, 1.54) is 6.42 Å². The lowest BCUT2D eigenvalue weighted by Gasteiger charge is -2.30. The van der Waals surface area contributed by atoms with Gasteiger partial charge in [0.25, 0.3) is 0 Å². The maximum Gasteiger partial charge on any atom is 0.319 e. The number of rotatable bonds is 4. The number of carbonyl (C=O) groups excluding carboxylic acids is 1. The minimum Gasteiger partial charge on any atom is -0.396 e. The number of amides is 2. The van der Waals surface area contributed by atoms with Crippen LogP contribution in [0.5, 0.6) is 0 Å². The second-order valence-corrected chi connectivity index (χ2v) is 6.61. The van der Waals surface area contributed by atoms with Crippen molar-refractivity contribution >= 4 is 11.7 Å². The molecule has 2 aliphatic rings. The van der Waals surface area contributed by atoms with Gasteiger partial charge in [0.05, 0.1) is 11.9 Å². The third-order valence-electron chi connectivity index (χ3n) is 4.99. The van der Waals surface area contributed by atoms with Crippen molar-refractivity contribution in [3.05, 3.63) is 12.4 Å². The smallest absolute Gasteiger partial charge is 0.319 e. The highest BCUT2D eigenvalue weighted by molar-refractivity contribution is 5.89. The van der Waals surface area contributed by atoms with Crippen LogP contribution in [0.25, 0.3) is 0 Å². The lowest BCUT2D eigenvalue weighted by atomic mass is 9.85. The van der Waals surface area contributed by atoms with E-state index in [1.54, 1.807) is 6.20 Å². The molecule has 2 aliphatic carbocycles. The molecule has 0 spiro atoms. The first kappa shape index (κ1) is 14.4. The molecule has 4 atom stereocenters. The molecule has 2 amide bonds. The van der Waals surface area contributed by atoms with Crippen molar-refractivity contribution in [1.82, 2.24) is 15.1 Å². The molecule has 6 heteroatoms. The molecule has 3 rings (SSSR count). The van der Waals surface area contributed by atoms with Crippen LogP contribution < -0.4 is 10.6 Å². The summed E-state index contributed by atoms with van der Waals surface area (Å²) in [6.45, 7) is 4.24. The van der Waals surface area contributed by atoms with E-state index in [0.29, 0.717) is 17.5 Å². The van der Waals surface area contributed by atoms with Crippen molar-refractivity contribution in [2.75, 3.05) is 11.9 Å². The lowest BCUT2D eigenvalue weighted by Crippen LogP contribution is -2.46. The van der Waals surface area contributed by atoms with E-state index in [4.69, 9.17) is 0 Å². The highest BCUT2D eigenvalue weighted by atomic mass is 16.3. The normalized spacial score (nSPS) is 30.9. The summed E-state index contributed by atoms with van der Waals surface area (Å²) < 4.78 is 1.81. The summed E-state index contributed by atoms with van der Waals surface area (Å²) in [7, 11) is 0. The third-order valence-corrected chi connectivity index (χ3v) is 4.99. The summed E-state index contributed by atoms with van der Waals surface area (Å²) in [5, 5.41) is 19.6. The number of hydrogen-bond donors (Lipinski definition) is 3. The number of nitrogens with zero attached hydrogens (tertiary/aromatic N) is 2. The van der Waals surface area contributed by atoms with Crippen LogP contribution in [0.3, 0.4) is 0 Å². The van der Waals surface area contributed by atoms with Gasteiger partial charge in [-0.2, -0.15) is 5.10 Å². The monoisotopic (exact) mass is 292 g/mol. The summed E-state index contributed by atoms with van der Waals surface area (Å²) in [4.78, 5) is 12.1. The van der Waals surface area contributed by atoms with Crippen molar-refractivity contribution in [2.24, 2.45) is 17.8 Å². The van der Waals surface area contributed by atoms with Gasteiger partial charge in [-0.25, -0.2) is 4.79 Å². The van der Waals surface area contributed by atoms with Crippen molar-refractivity contribution < 1.29 is 9.90 Å². The Morgan fingerprint density at radius 2 is 2.24 bits per heavy atom. The van der Waals surface area contributed by atoms with E-state index in [9.17, 15) is 9.90 Å². The molecule has 0 aromatic carbocycles. The largest absolute Gasteiger partial charge is 0.396 e. The highest BCUT2D eigenvalue weighted by Crippen LogP contribution is 2.48. The number of aliphatic hydroxyl groups is 1. The van der Waals surface area contributed by atoms with Crippen molar-refractivity contribution in [2.45, 2.75) is 45.2 Å². The fraction of sp³-hybridized carbons (Fsp3) is 0.733. The van der Waals surface area contributed by atoms with Gasteiger partial charge < -0.3 is 15.7 Å². The Morgan fingerprint density at radius 3 is 2.90 bits per heavy atom. The molecule has 0 radical (unpaired) electrons. The van der Waals surface area contributed by atoms with E-state index in [0.717, 1.165) is 12.8 Å². The second-order valence-electron chi connectivity index (χ2n) is 6.61. The Morgan fingerprint density at radius 1 is 1.48 bits per heavy atom. The Balaban J connectivity index is 1.58. The van der Waals surface area contributed by atoms with E-state index in [2.05, 4.69) is 15.7 Å². The van der Waals surface area contributed by atoms with Gasteiger partial charge in [0.15, 0.2) is 0 Å². The van der Waals surface area contributed by atoms with Crippen LogP contribution in [-0.4, -0.2) is 33.6 Å². The van der Waals surface area contributed by atoms with Crippen molar-refractivity contribution in [3.8, 4) is 0 Å². The molecule has 3 N–H and O–H groups in total. The lowest BCUT2D eigenvalue weighted by molar-refractivity contribution is 0.146. The Kier molecular flexibility index (Phi) is 3.89. The number of carbonyl (C=O) groups is 1. The predicted octanol–water partition coefficient (Wildman–Crippen LogP) is 1.99. The van der Waals surface area contributed by atoms with Crippen LogP contribution in [-0.2, 0) is 0 Å². The topological polar surface area (TPSA) is 79.2 Å². The molecular weight excluding hydrogens is 268 g/mol. The zero-order valence-electron chi connectivity index (χ0n) is 12.6. The first-order valence-corrected chi connectivity index (χ1v) is 7.81. The fourth-order valence-corrected chi connectivity index (χ4v) is 3.90. The molecule has 0 saturated heterocycles. The molecular formula is C15H24N4O2. The van der Waals surface area contributed by atoms with Crippen LogP contribution in [0, 0.1) is 17.8 Å². The minimum atomic E-state index is -0.200. The molecule has 116 valence electrons. The van der Waals surface area contributed by atoms with Crippen LogP contribution in [0.15, 0.2) is 12.4 Å². The zero-order chi connectivity index (χ0) is 15.0. The van der Waals surface area contributed by atoms with Gasteiger partial charge in [-0.3, -0.25) is 4.68 Å². The van der Waals surface area contributed by atoms with Gasteiger partial charge in [0.2, 0.25) is 0 Å².